The van der Waals surface area contributed by atoms with E-state index in [0.717, 1.165) is 77.2 Å². The summed E-state index contributed by atoms with van der Waals surface area (Å²) in [5, 5.41) is 0. The maximum atomic E-state index is 15.5. The van der Waals surface area contributed by atoms with Crippen LogP contribution in [-0.4, -0.2) is 31.2 Å². The van der Waals surface area contributed by atoms with E-state index in [-0.39, 0.29) is 11.8 Å². The highest BCUT2D eigenvalue weighted by atomic mass is 19.2. The number of rotatable bonds is 12. The van der Waals surface area contributed by atoms with Gasteiger partial charge in [0.15, 0.2) is 0 Å². The van der Waals surface area contributed by atoms with E-state index in [9.17, 15) is 4.39 Å². The van der Waals surface area contributed by atoms with Gasteiger partial charge in [-0.3, -0.25) is 0 Å². The fourth-order valence-corrected chi connectivity index (χ4v) is 9.14. The molecule has 0 aromatic heterocycles. The van der Waals surface area contributed by atoms with E-state index in [1.165, 1.54) is 57.8 Å². The predicted octanol–water partition coefficient (Wildman–Crippen LogP) is 10.6. The van der Waals surface area contributed by atoms with E-state index in [1.807, 2.05) is 6.92 Å². The number of hydrogen-bond donors (Lipinski definition) is 0. The molecule has 0 amide bonds. The summed E-state index contributed by atoms with van der Waals surface area (Å²) >= 11 is 0. The highest BCUT2D eigenvalue weighted by molar-refractivity contribution is 4.95. The Balaban J connectivity index is 1.12. The molecule has 0 aliphatic heterocycles. The van der Waals surface area contributed by atoms with Crippen molar-refractivity contribution in [2.45, 2.75) is 167 Å². The number of halogens is 3. The number of unbranched alkanes of at least 4 members (excludes halogenated alkanes) is 3. The monoisotopic (exact) mass is 540 g/mol. The SMILES string of the molecule is CCCCCCC1CCC(CCC2CCC(C3CCC(C4CCC(OCC)CC4)C(F)C3F)CC2)CC1F. The average Bonchev–Trinajstić information content (AvgIpc) is 2.93. The lowest BCUT2D eigenvalue weighted by Crippen LogP contribution is -2.45. The topological polar surface area (TPSA) is 9.23 Å². The van der Waals surface area contributed by atoms with Crippen LogP contribution in [-0.2, 0) is 4.74 Å². The highest BCUT2D eigenvalue weighted by Crippen LogP contribution is 2.48. The molecule has 0 N–H and O–H groups in total. The van der Waals surface area contributed by atoms with Crippen LogP contribution < -0.4 is 0 Å². The van der Waals surface area contributed by atoms with Gasteiger partial charge >= 0.3 is 0 Å². The lowest BCUT2D eigenvalue weighted by atomic mass is 9.63. The van der Waals surface area contributed by atoms with Gasteiger partial charge in [-0.2, -0.15) is 0 Å². The third kappa shape index (κ3) is 8.39. The molecule has 7 atom stereocenters. The molecule has 4 saturated carbocycles. The predicted molar refractivity (Wildman–Crippen MR) is 153 cm³/mol. The summed E-state index contributed by atoms with van der Waals surface area (Å²) in [6.45, 7) is 5.02. The summed E-state index contributed by atoms with van der Waals surface area (Å²) in [5.41, 5.74) is 0. The molecule has 0 aromatic carbocycles. The van der Waals surface area contributed by atoms with Crippen LogP contribution in [0.1, 0.15) is 142 Å². The second kappa shape index (κ2) is 15.7. The zero-order chi connectivity index (χ0) is 26.9. The molecule has 4 aliphatic rings. The molecular formula is C34H59F3O. The Bertz CT molecular complexity index is 642. The van der Waals surface area contributed by atoms with Crippen LogP contribution in [0, 0.1) is 41.4 Å². The Hall–Kier alpha value is -0.250. The van der Waals surface area contributed by atoms with E-state index < -0.39 is 18.5 Å². The van der Waals surface area contributed by atoms with Crippen molar-refractivity contribution in [2.75, 3.05) is 6.61 Å². The second-order valence-electron chi connectivity index (χ2n) is 13.9. The molecule has 0 heterocycles. The van der Waals surface area contributed by atoms with Gasteiger partial charge in [0.2, 0.25) is 0 Å². The minimum Gasteiger partial charge on any atom is -0.379 e. The molecule has 4 rings (SSSR count). The Morgan fingerprint density at radius 2 is 1.16 bits per heavy atom. The van der Waals surface area contributed by atoms with Crippen LogP contribution in [0.5, 0.6) is 0 Å². The lowest BCUT2D eigenvalue weighted by molar-refractivity contribution is -0.0474. The fourth-order valence-electron chi connectivity index (χ4n) is 9.14. The summed E-state index contributed by atoms with van der Waals surface area (Å²) in [7, 11) is 0. The quantitative estimate of drug-likeness (QED) is 0.224. The van der Waals surface area contributed by atoms with Crippen LogP contribution in [0.4, 0.5) is 13.2 Å². The summed E-state index contributed by atoms with van der Waals surface area (Å²) in [5.74, 6) is 2.16. The summed E-state index contributed by atoms with van der Waals surface area (Å²) in [4.78, 5) is 0. The Morgan fingerprint density at radius 3 is 1.74 bits per heavy atom. The number of hydrogen-bond acceptors (Lipinski definition) is 1. The van der Waals surface area contributed by atoms with Gasteiger partial charge in [0.1, 0.15) is 18.5 Å². The van der Waals surface area contributed by atoms with Gasteiger partial charge in [0.25, 0.3) is 0 Å². The van der Waals surface area contributed by atoms with Gasteiger partial charge in [0.05, 0.1) is 6.10 Å². The van der Waals surface area contributed by atoms with E-state index in [4.69, 9.17) is 4.74 Å². The van der Waals surface area contributed by atoms with Gasteiger partial charge in [-0.15, -0.1) is 0 Å². The molecule has 222 valence electrons. The Morgan fingerprint density at radius 1 is 0.579 bits per heavy atom. The van der Waals surface area contributed by atoms with Crippen LogP contribution in [0.3, 0.4) is 0 Å². The third-order valence-electron chi connectivity index (χ3n) is 11.6. The molecule has 4 fully saturated rings. The van der Waals surface area contributed by atoms with Crippen LogP contribution in [0.15, 0.2) is 0 Å². The van der Waals surface area contributed by atoms with E-state index in [1.54, 1.807) is 0 Å². The molecule has 0 radical (unpaired) electrons. The Kier molecular flexibility index (Phi) is 12.7. The molecule has 0 saturated heterocycles. The second-order valence-corrected chi connectivity index (χ2v) is 13.9. The number of ether oxygens (including phenoxy) is 1. The zero-order valence-electron chi connectivity index (χ0n) is 24.7. The van der Waals surface area contributed by atoms with E-state index >= 15 is 8.78 Å². The van der Waals surface area contributed by atoms with Crippen molar-refractivity contribution in [3.63, 3.8) is 0 Å². The van der Waals surface area contributed by atoms with Gasteiger partial charge in [-0.05, 0) is 125 Å². The van der Waals surface area contributed by atoms with Crippen molar-refractivity contribution in [3.8, 4) is 0 Å². The maximum Gasteiger partial charge on any atom is 0.134 e. The fraction of sp³-hybridized carbons (Fsp3) is 1.00. The van der Waals surface area contributed by atoms with Gasteiger partial charge in [-0.25, -0.2) is 13.2 Å². The van der Waals surface area contributed by atoms with Crippen LogP contribution in [0.2, 0.25) is 0 Å². The standard InChI is InChI=1S/C34H59F3O/c1-3-5-6-7-8-28-16-13-25(23-32(28)35)10-9-24-11-14-26(15-12-24)30-21-22-31(34(37)33(30)36)27-17-19-29(20-18-27)38-4-2/h24-34H,3-23H2,1-2H3. The first-order chi connectivity index (χ1) is 18.5. The van der Waals surface area contributed by atoms with E-state index in [0.29, 0.717) is 35.7 Å². The molecule has 4 aliphatic carbocycles. The third-order valence-corrected chi connectivity index (χ3v) is 11.6. The van der Waals surface area contributed by atoms with Crippen molar-refractivity contribution < 1.29 is 17.9 Å². The Labute approximate surface area is 232 Å². The summed E-state index contributed by atoms with van der Waals surface area (Å²) < 4.78 is 51.5. The summed E-state index contributed by atoms with van der Waals surface area (Å²) in [6, 6.07) is 0. The van der Waals surface area contributed by atoms with Gasteiger partial charge in [-0.1, -0.05) is 58.3 Å². The number of alkyl halides is 3. The molecule has 4 heteroatoms. The first-order valence-corrected chi connectivity index (χ1v) is 17.0. The molecule has 1 nitrogen and oxygen atoms in total. The molecule has 0 spiro atoms. The normalized spacial score (nSPS) is 42.7. The minimum atomic E-state index is -1.27. The lowest BCUT2D eigenvalue weighted by Gasteiger charge is -2.44. The van der Waals surface area contributed by atoms with Crippen molar-refractivity contribution in [3.05, 3.63) is 0 Å². The highest BCUT2D eigenvalue weighted by Gasteiger charge is 2.46. The smallest absolute Gasteiger partial charge is 0.134 e. The maximum absolute atomic E-state index is 15.5. The largest absolute Gasteiger partial charge is 0.379 e. The van der Waals surface area contributed by atoms with Crippen molar-refractivity contribution in [1.29, 1.82) is 0 Å². The molecular weight excluding hydrogens is 481 g/mol. The zero-order valence-corrected chi connectivity index (χ0v) is 24.7. The van der Waals surface area contributed by atoms with Crippen LogP contribution in [0.25, 0.3) is 0 Å². The first kappa shape index (κ1) is 30.7. The minimum absolute atomic E-state index is 0.0677. The average molecular weight is 541 g/mol. The van der Waals surface area contributed by atoms with Gasteiger partial charge in [0, 0.05) is 6.61 Å². The van der Waals surface area contributed by atoms with Crippen molar-refractivity contribution in [1.82, 2.24) is 0 Å². The van der Waals surface area contributed by atoms with Crippen LogP contribution >= 0.6 is 0 Å². The van der Waals surface area contributed by atoms with Crippen molar-refractivity contribution in [2.24, 2.45) is 41.4 Å². The molecule has 0 bridgehead atoms. The molecule has 38 heavy (non-hydrogen) atoms. The van der Waals surface area contributed by atoms with Crippen molar-refractivity contribution >= 4 is 0 Å². The molecule has 7 unspecified atom stereocenters. The van der Waals surface area contributed by atoms with E-state index in [2.05, 4.69) is 6.92 Å². The van der Waals surface area contributed by atoms with Gasteiger partial charge < -0.3 is 4.74 Å². The molecule has 0 aromatic rings. The summed E-state index contributed by atoms with van der Waals surface area (Å²) in [6.07, 6.45) is 19.0. The first-order valence-electron chi connectivity index (χ1n) is 17.0.